The molecule has 2 heterocycles. The number of ketones is 1. The van der Waals surface area contributed by atoms with Crippen molar-refractivity contribution in [2.45, 2.75) is 20.3 Å². The van der Waals surface area contributed by atoms with E-state index in [0.717, 1.165) is 44.2 Å². The first-order valence-corrected chi connectivity index (χ1v) is 5.98. The van der Waals surface area contributed by atoms with E-state index in [9.17, 15) is 4.79 Å². The van der Waals surface area contributed by atoms with Crippen molar-refractivity contribution in [3.63, 3.8) is 0 Å². The number of anilines is 1. The number of aromatic nitrogens is 2. The largest absolute Gasteiger partial charge is 0.339 e. The number of hydrogen-bond donors (Lipinski definition) is 1. The molecule has 0 atom stereocenters. The van der Waals surface area contributed by atoms with E-state index >= 15 is 0 Å². The highest BCUT2D eigenvalue weighted by Gasteiger charge is 2.14. The van der Waals surface area contributed by atoms with Crippen LogP contribution < -0.4 is 10.2 Å². The Morgan fingerprint density at radius 2 is 2.24 bits per heavy atom. The maximum Gasteiger partial charge on any atom is 0.225 e. The van der Waals surface area contributed by atoms with E-state index in [-0.39, 0.29) is 5.78 Å². The van der Waals surface area contributed by atoms with Gasteiger partial charge in [0.25, 0.3) is 0 Å². The molecule has 1 saturated heterocycles. The number of hydrogen-bond acceptors (Lipinski definition) is 5. The maximum absolute atomic E-state index is 11.3. The monoisotopic (exact) mass is 234 g/mol. The number of aryl methyl sites for hydroxylation is 1. The van der Waals surface area contributed by atoms with Crippen LogP contribution in [-0.2, 0) is 0 Å². The van der Waals surface area contributed by atoms with Crippen molar-refractivity contribution in [2.75, 3.05) is 31.1 Å². The van der Waals surface area contributed by atoms with E-state index in [1.807, 2.05) is 6.92 Å². The molecule has 0 amide bonds. The summed E-state index contributed by atoms with van der Waals surface area (Å²) in [6.45, 7) is 7.28. The second-order valence-electron chi connectivity index (χ2n) is 4.32. The topological polar surface area (TPSA) is 58.1 Å². The molecule has 1 N–H and O–H groups in total. The molecule has 2 rings (SSSR count). The van der Waals surface area contributed by atoms with Crippen LogP contribution in [0.2, 0.25) is 0 Å². The van der Waals surface area contributed by atoms with Gasteiger partial charge in [-0.1, -0.05) is 0 Å². The summed E-state index contributed by atoms with van der Waals surface area (Å²) in [5, 5.41) is 3.34. The zero-order valence-electron chi connectivity index (χ0n) is 10.4. The molecule has 1 aliphatic rings. The van der Waals surface area contributed by atoms with Gasteiger partial charge in [-0.05, 0) is 26.8 Å². The summed E-state index contributed by atoms with van der Waals surface area (Å²) >= 11 is 0. The summed E-state index contributed by atoms with van der Waals surface area (Å²) < 4.78 is 0. The average molecular weight is 234 g/mol. The van der Waals surface area contributed by atoms with Gasteiger partial charge in [0.15, 0.2) is 5.78 Å². The molecule has 1 aromatic heterocycles. The molecule has 0 aliphatic carbocycles. The quantitative estimate of drug-likeness (QED) is 0.767. The molecule has 0 aromatic carbocycles. The summed E-state index contributed by atoms with van der Waals surface area (Å²) in [5.74, 6) is 0.753. The van der Waals surface area contributed by atoms with E-state index < -0.39 is 0 Å². The van der Waals surface area contributed by atoms with Crippen LogP contribution in [0.1, 0.15) is 29.4 Å². The Morgan fingerprint density at radius 1 is 1.41 bits per heavy atom. The fourth-order valence-corrected chi connectivity index (χ4v) is 2.00. The van der Waals surface area contributed by atoms with Crippen molar-refractivity contribution in [2.24, 2.45) is 0 Å². The molecule has 92 valence electrons. The van der Waals surface area contributed by atoms with Gasteiger partial charge in [-0.15, -0.1) is 0 Å². The Bertz CT molecular complexity index is 411. The fourth-order valence-electron chi connectivity index (χ4n) is 2.00. The van der Waals surface area contributed by atoms with Crippen LogP contribution in [0, 0.1) is 6.92 Å². The number of rotatable bonds is 2. The molecular formula is C12H18N4O. The Hall–Kier alpha value is -1.49. The molecule has 1 fully saturated rings. The van der Waals surface area contributed by atoms with Gasteiger partial charge in [-0.3, -0.25) is 4.79 Å². The third kappa shape index (κ3) is 2.79. The summed E-state index contributed by atoms with van der Waals surface area (Å²) in [7, 11) is 0. The van der Waals surface area contributed by atoms with Crippen LogP contribution in [0.15, 0.2) is 6.20 Å². The molecule has 0 unspecified atom stereocenters. The van der Waals surface area contributed by atoms with Crippen LogP contribution in [0.5, 0.6) is 0 Å². The van der Waals surface area contributed by atoms with Gasteiger partial charge < -0.3 is 10.2 Å². The lowest BCUT2D eigenvalue weighted by atomic mass is 10.2. The lowest BCUT2D eigenvalue weighted by Crippen LogP contribution is -2.29. The van der Waals surface area contributed by atoms with E-state index in [2.05, 4.69) is 20.2 Å². The van der Waals surface area contributed by atoms with Crippen LogP contribution in [0.4, 0.5) is 5.95 Å². The lowest BCUT2D eigenvalue weighted by molar-refractivity contribution is 0.101. The summed E-state index contributed by atoms with van der Waals surface area (Å²) in [6.07, 6.45) is 2.73. The van der Waals surface area contributed by atoms with Gasteiger partial charge in [0.05, 0.1) is 11.3 Å². The molecule has 17 heavy (non-hydrogen) atoms. The van der Waals surface area contributed by atoms with Gasteiger partial charge in [-0.2, -0.15) is 0 Å². The van der Waals surface area contributed by atoms with E-state index in [1.54, 1.807) is 13.1 Å². The molecule has 5 heteroatoms. The van der Waals surface area contributed by atoms with Crippen molar-refractivity contribution in [3.8, 4) is 0 Å². The third-order valence-electron chi connectivity index (χ3n) is 2.97. The Balaban J connectivity index is 2.21. The molecular weight excluding hydrogens is 216 g/mol. The first kappa shape index (κ1) is 12.0. The fraction of sp³-hybridized carbons (Fsp3) is 0.583. The number of nitrogens with one attached hydrogen (secondary N) is 1. The minimum Gasteiger partial charge on any atom is -0.339 e. The smallest absolute Gasteiger partial charge is 0.225 e. The first-order valence-electron chi connectivity index (χ1n) is 5.98. The lowest BCUT2D eigenvalue weighted by Gasteiger charge is -2.20. The van der Waals surface area contributed by atoms with E-state index in [0.29, 0.717) is 5.56 Å². The van der Waals surface area contributed by atoms with Crippen molar-refractivity contribution < 1.29 is 4.79 Å². The normalized spacial score (nSPS) is 16.7. The molecule has 1 aliphatic heterocycles. The standard InChI is InChI=1S/C12H18N4O/c1-9-11(10(2)17)8-14-12(15-9)16-6-3-4-13-5-7-16/h8,13H,3-7H2,1-2H3. The molecule has 5 nitrogen and oxygen atoms in total. The van der Waals surface area contributed by atoms with Crippen molar-refractivity contribution >= 4 is 11.7 Å². The summed E-state index contributed by atoms with van der Waals surface area (Å²) in [6, 6.07) is 0. The molecule has 0 saturated carbocycles. The molecule has 0 spiro atoms. The Kier molecular flexibility index (Phi) is 3.68. The first-order chi connectivity index (χ1) is 8.18. The van der Waals surface area contributed by atoms with Gasteiger partial charge in [0.1, 0.15) is 0 Å². The van der Waals surface area contributed by atoms with Gasteiger partial charge in [-0.25, -0.2) is 9.97 Å². The van der Waals surface area contributed by atoms with E-state index in [1.165, 1.54) is 0 Å². The van der Waals surface area contributed by atoms with Gasteiger partial charge in [0, 0.05) is 25.8 Å². The molecule has 0 bridgehead atoms. The van der Waals surface area contributed by atoms with Crippen LogP contribution in [0.3, 0.4) is 0 Å². The highest BCUT2D eigenvalue weighted by Crippen LogP contribution is 2.12. The van der Waals surface area contributed by atoms with Crippen LogP contribution in [-0.4, -0.2) is 41.9 Å². The van der Waals surface area contributed by atoms with Crippen LogP contribution >= 0.6 is 0 Å². The minimum absolute atomic E-state index is 0.0200. The van der Waals surface area contributed by atoms with Gasteiger partial charge >= 0.3 is 0 Å². The number of carbonyl (C=O) groups is 1. The maximum atomic E-state index is 11.3. The van der Waals surface area contributed by atoms with Crippen LogP contribution in [0.25, 0.3) is 0 Å². The van der Waals surface area contributed by atoms with Crippen molar-refractivity contribution in [1.82, 2.24) is 15.3 Å². The summed E-state index contributed by atoms with van der Waals surface area (Å²) in [5.41, 5.74) is 1.38. The number of Topliss-reactive ketones (excluding diaryl/α,β-unsaturated/α-hetero) is 1. The average Bonchev–Trinajstić information content (AvgIpc) is 2.56. The second kappa shape index (κ2) is 5.23. The number of carbonyl (C=O) groups excluding carboxylic acids is 1. The minimum atomic E-state index is 0.0200. The second-order valence-corrected chi connectivity index (χ2v) is 4.32. The highest BCUT2D eigenvalue weighted by atomic mass is 16.1. The molecule has 0 radical (unpaired) electrons. The van der Waals surface area contributed by atoms with Gasteiger partial charge in [0.2, 0.25) is 5.95 Å². The zero-order valence-corrected chi connectivity index (χ0v) is 10.4. The third-order valence-corrected chi connectivity index (χ3v) is 2.97. The SMILES string of the molecule is CC(=O)c1cnc(N2CCCNCC2)nc1C. The number of nitrogens with zero attached hydrogens (tertiary/aromatic N) is 3. The summed E-state index contributed by atoms with van der Waals surface area (Å²) in [4.78, 5) is 22.2. The Labute approximate surface area is 101 Å². The van der Waals surface area contributed by atoms with E-state index in [4.69, 9.17) is 0 Å². The van der Waals surface area contributed by atoms with Crippen molar-refractivity contribution in [1.29, 1.82) is 0 Å². The van der Waals surface area contributed by atoms with Crippen molar-refractivity contribution in [3.05, 3.63) is 17.5 Å². The zero-order chi connectivity index (χ0) is 12.3. The predicted molar refractivity (Wildman–Crippen MR) is 66.5 cm³/mol. The Morgan fingerprint density at radius 3 is 2.94 bits per heavy atom. The molecule has 1 aromatic rings. The highest BCUT2D eigenvalue weighted by molar-refractivity contribution is 5.94. The predicted octanol–water partition coefficient (Wildman–Crippen LogP) is 0.787.